The summed E-state index contributed by atoms with van der Waals surface area (Å²) in [6.45, 7) is 2.79. The second-order valence-corrected chi connectivity index (χ2v) is 8.10. The number of esters is 1. The summed E-state index contributed by atoms with van der Waals surface area (Å²) in [5, 5.41) is 5.43. The van der Waals surface area contributed by atoms with Gasteiger partial charge in [0.15, 0.2) is 5.17 Å². The van der Waals surface area contributed by atoms with Gasteiger partial charge in [-0.15, -0.1) is 0 Å². The van der Waals surface area contributed by atoms with Gasteiger partial charge in [0.05, 0.1) is 51.7 Å². The summed E-state index contributed by atoms with van der Waals surface area (Å²) >= 11 is 1.42. The van der Waals surface area contributed by atoms with Crippen LogP contribution >= 0.6 is 11.8 Å². The number of benzene rings is 1. The molecule has 0 spiro atoms. The molecule has 9 nitrogen and oxygen atoms in total. The maximum absolute atomic E-state index is 13.0. The number of amides is 1. The number of rotatable bonds is 10. The molecule has 2 aliphatic rings. The largest absolute Gasteiger partial charge is 0.497 e. The molecular formula is C23H29N3O6S. The first-order valence-corrected chi connectivity index (χ1v) is 11.4. The highest BCUT2D eigenvalue weighted by Crippen LogP contribution is 2.46. The lowest BCUT2D eigenvalue weighted by Crippen LogP contribution is -2.38. The molecule has 1 aromatic rings. The van der Waals surface area contributed by atoms with Crippen LogP contribution in [0.5, 0.6) is 11.5 Å². The fourth-order valence-corrected chi connectivity index (χ4v) is 4.67. The van der Waals surface area contributed by atoms with Gasteiger partial charge in [-0.05, 0) is 29.5 Å². The minimum Gasteiger partial charge on any atom is -0.497 e. The lowest BCUT2D eigenvalue weighted by atomic mass is 9.92. The zero-order valence-corrected chi connectivity index (χ0v) is 20.3. The molecule has 2 heterocycles. The maximum Gasteiger partial charge on any atom is 0.338 e. The molecule has 1 atom stereocenters. The van der Waals surface area contributed by atoms with Gasteiger partial charge in [-0.3, -0.25) is 4.79 Å². The highest BCUT2D eigenvalue weighted by Gasteiger charge is 2.41. The predicted octanol–water partition coefficient (Wildman–Crippen LogP) is 2.99. The van der Waals surface area contributed by atoms with Crippen LogP contribution in [0.1, 0.15) is 31.4 Å². The van der Waals surface area contributed by atoms with E-state index >= 15 is 0 Å². The van der Waals surface area contributed by atoms with Crippen molar-refractivity contribution in [3.8, 4) is 11.5 Å². The summed E-state index contributed by atoms with van der Waals surface area (Å²) in [5.41, 5.74) is 2.56. The van der Waals surface area contributed by atoms with Crippen LogP contribution in [0.4, 0.5) is 0 Å². The Labute approximate surface area is 197 Å². The van der Waals surface area contributed by atoms with Gasteiger partial charge < -0.3 is 29.2 Å². The Morgan fingerprint density at radius 1 is 1.12 bits per heavy atom. The van der Waals surface area contributed by atoms with Crippen molar-refractivity contribution in [1.29, 1.82) is 0 Å². The van der Waals surface area contributed by atoms with Crippen LogP contribution in [0.25, 0.3) is 0 Å². The van der Waals surface area contributed by atoms with E-state index in [0.717, 1.165) is 11.3 Å². The summed E-state index contributed by atoms with van der Waals surface area (Å²) in [5.74, 6) is 0.560. The number of hydrogen-bond acceptors (Lipinski definition) is 9. The molecule has 0 unspecified atom stereocenters. The average Bonchev–Trinajstić information content (AvgIpc) is 3.23. The Bertz CT molecular complexity index is 982. The maximum atomic E-state index is 13.0. The van der Waals surface area contributed by atoms with E-state index in [-0.39, 0.29) is 12.3 Å². The number of carbonyl (C=O) groups is 2. The van der Waals surface area contributed by atoms with Crippen LogP contribution < -0.4 is 14.8 Å². The van der Waals surface area contributed by atoms with Gasteiger partial charge in [0.1, 0.15) is 11.5 Å². The molecule has 0 bridgehead atoms. The lowest BCUT2D eigenvalue weighted by molar-refractivity contribution is -0.136. The van der Waals surface area contributed by atoms with E-state index in [1.54, 1.807) is 27.4 Å². The summed E-state index contributed by atoms with van der Waals surface area (Å²) in [4.78, 5) is 32.2. The molecule has 178 valence electrons. The van der Waals surface area contributed by atoms with Crippen LogP contribution in [-0.4, -0.2) is 63.5 Å². The van der Waals surface area contributed by atoms with Gasteiger partial charge >= 0.3 is 5.97 Å². The molecule has 3 rings (SSSR count). The SMILES string of the molecule is CCC1=C(C(=O)OC)[C@H](c2cc(OC)cc(OC)c2)N2C(CC(=O)NCCOC)=CSC2=N1. The van der Waals surface area contributed by atoms with Crippen molar-refractivity contribution in [2.75, 3.05) is 41.6 Å². The molecule has 33 heavy (non-hydrogen) atoms. The van der Waals surface area contributed by atoms with Crippen molar-refractivity contribution in [2.45, 2.75) is 25.8 Å². The zero-order chi connectivity index (χ0) is 24.0. The molecule has 0 fully saturated rings. The van der Waals surface area contributed by atoms with Crippen molar-refractivity contribution in [2.24, 2.45) is 4.99 Å². The Hall–Kier alpha value is -2.98. The predicted molar refractivity (Wildman–Crippen MR) is 126 cm³/mol. The van der Waals surface area contributed by atoms with E-state index < -0.39 is 12.0 Å². The fraction of sp³-hybridized carbons (Fsp3) is 0.435. The number of thioether (sulfide) groups is 1. The molecule has 1 aromatic carbocycles. The number of nitrogens with one attached hydrogen (secondary N) is 1. The highest BCUT2D eigenvalue weighted by atomic mass is 32.2. The number of allylic oxidation sites excluding steroid dienone is 1. The lowest BCUT2D eigenvalue weighted by Gasteiger charge is -2.36. The third kappa shape index (κ3) is 5.33. The summed E-state index contributed by atoms with van der Waals surface area (Å²) < 4.78 is 21.1. The molecule has 1 N–H and O–H groups in total. The topological polar surface area (TPSA) is 98.7 Å². The monoisotopic (exact) mass is 475 g/mol. The number of fused-ring (bicyclic) bond motifs is 1. The van der Waals surface area contributed by atoms with Gasteiger partial charge in [0, 0.05) is 25.4 Å². The highest BCUT2D eigenvalue weighted by molar-refractivity contribution is 8.16. The second kappa shape index (κ2) is 11.2. The first-order valence-electron chi connectivity index (χ1n) is 10.5. The summed E-state index contributed by atoms with van der Waals surface area (Å²) in [7, 11) is 6.08. The number of amidine groups is 1. The zero-order valence-electron chi connectivity index (χ0n) is 19.5. The minimum atomic E-state index is -0.558. The second-order valence-electron chi connectivity index (χ2n) is 7.26. The van der Waals surface area contributed by atoms with Gasteiger partial charge in [-0.2, -0.15) is 0 Å². The fourth-order valence-electron chi connectivity index (χ4n) is 3.73. The summed E-state index contributed by atoms with van der Waals surface area (Å²) in [6.07, 6.45) is 0.677. The van der Waals surface area contributed by atoms with E-state index in [1.165, 1.54) is 18.9 Å². The number of nitrogens with zero attached hydrogens (tertiary/aromatic N) is 2. The Kier molecular flexibility index (Phi) is 8.40. The van der Waals surface area contributed by atoms with Crippen molar-refractivity contribution in [3.63, 3.8) is 0 Å². The van der Waals surface area contributed by atoms with Crippen LogP contribution in [0.2, 0.25) is 0 Å². The van der Waals surface area contributed by atoms with Gasteiger partial charge in [0.2, 0.25) is 5.91 Å². The molecular weight excluding hydrogens is 446 g/mol. The van der Waals surface area contributed by atoms with Crippen LogP contribution in [-0.2, 0) is 19.1 Å². The van der Waals surface area contributed by atoms with Gasteiger partial charge in [-0.1, -0.05) is 18.7 Å². The van der Waals surface area contributed by atoms with Crippen molar-refractivity contribution in [3.05, 3.63) is 46.1 Å². The Balaban J connectivity index is 2.07. The number of carbonyl (C=O) groups excluding carboxylic acids is 2. The number of aliphatic imine (C=N–C) groups is 1. The van der Waals surface area contributed by atoms with Crippen LogP contribution in [0.15, 0.2) is 45.6 Å². The van der Waals surface area contributed by atoms with Crippen molar-refractivity contribution < 1.29 is 28.5 Å². The van der Waals surface area contributed by atoms with Gasteiger partial charge in [-0.25, -0.2) is 9.79 Å². The first-order chi connectivity index (χ1) is 16.0. The molecule has 0 saturated heterocycles. The third-order valence-corrected chi connectivity index (χ3v) is 6.18. The Morgan fingerprint density at radius 2 is 1.82 bits per heavy atom. The quantitative estimate of drug-likeness (QED) is 0.407. The average molecular weight is 476 g/mol. The van der Waals surface area contributed by atoms with E-state index in [4.69, 9.17) is 23.9 Å². The van der Waals surface area contributed by atoms with Crippen LogP contribution in [0.3, 0.4) is 0 Å². The van der Waals surface area contributed by atoms with Crippen LogP contribution in [0, 0.1) is 0 Å². The van der Waals surface area contributed by atoms with E-state index in [1.807, 2.05) is 29.4 Å². The van der Waals surface area contributed by atoms with E-state index in [2.05, 4.69) is 5.32 Å². The smallest absolute Gasteiger partial charge is 0.338 e. The molecule has 0 aliphatic carbocycles. The van der Waals surface area contributed by atoms with Gasteiger partial charge in [0.25, 0.3) is 0 Å². The Morgan fingerprint density at radius 3 is 2.39 bits per heavy atom. The first kappa shape index (κ1) is 24.7. The van der Waals surface area contributed by atoms with E-state index in [0.29, 0.717) is 47.5 Å². The molecule has 1 amide bonds. The molecule has 0 radical (unpaired) electrons. The normalized spacial score (nSPS) is 17.2. The molecule has 0 aromatic heterocycles. The van der Waals surface area contributed by atoms with Crippen molar-refractivity contribution >= 4 is 28.8 Å². The molecule has 10 heteroatoms. The standard InChI is InChI=1S/C23H29N3O6S/c1-6-18-20(22(28)32-5)21(14-9-16(30-3)12-17(10-14)31-4)26-15(13-33-23(26)25-18)11-19(27)24-7-8-29-2/h9-10,12-13,21H,6-8,11H2,1-5H3,(H,24,27)/t21-/m0/s1. The number of hydrogen-bond donors (Lipinski definition) is 1. The van der Waals surface area contributed by atoms with E-state index in [9.17, 15) is 9.59 Å². The molecule has 0 saturated carbocycles. The minimum absolute atomic E-state index is 0.128. The molecule has 2 aliphatic heterocycles. The number of methoxy groups -OCH3 is 4. The third-order valence-electron chi connectivity index (χ3n) is 5.29. The van der Waals surface area contributed by atoms with Crippen molar-refractivity contribution in [1.82, 2.24) is 10.2 Å². The summed E-state index contributed by atoms with van der Waals surface area (Å²) in [6, 6.07) is 4.91. The number of ether oxygens (including phenoxy) is 4.